The van der Waals surface area contributed by atoms with E-state index in [0.717, 1.165) is 17.4 Å². The van der Waals surface area contributed by atoms with Gasteiger partial charge in [0.2, 0.25) is 5.91 Å². The predicted octanol–water partition coefficient (Wildman–Crippen LogP) is 4.83. The van der Waals surface area contributed by atoms with Crippen LogP contribution in [-0.4, -0.2) is 24.2 Å². The topological polar surface area (TPSA) is 69.6 Å². The number of rotatable bonds is 9. The molecule has 0 radical (unpaired) electrons. The first-order chi connectivity index (χ1) is 16.6. The molecule has 0 atom stereocenters. The Kier molecular flexibility index (Phi) is 7.28. The van der Waals surface area contributed by atoms with Gasteiger partial charge in [0.15, 0.2) is 0 Å². The summed E-state index contributed by atoms with van der Waals surface area (Å²) in [5, 5.41) is 3.77. The SMILES string of the molecule is CCOc1ccccc1NC(=O)Cn1c(=O)c(CCc2ccccc2)cc2ccc(OC)cc21. The number of aryl methyl sites for hydroxylation is 2. The first kappa shape index (κ1) is 23.1. The van der Waals surface area contributed by atoms with Crippen LogP contribution in [0, 0.1) is 0 Å². The van der Waals surface area contributed by atoms with Crippen LogP contribution < -0.4 is 20.3 Å². The van der Waals surface area contributed by atoms with Crippen molar-refractivity contribution >= 4 is 22.5 Å². The molecule has 1 heterocycles. The zero-order valence-corrected chi connectivity index (χ0v) is 19.4. The zero-order chi connectivity index (χ0) is 23.9. The van der Waals surface area contributed by atoms with Crippen molar-refractivity contribution in [3.05, 3.63) is 100 Å². The maximum atomic E-state index is 13.5. The molecule has 0 bridgehead atoms. The van der Waals surface area contributed by atoms with E-state index in [1.54, 1.807) is 25.3 Å². The molecule has 3 aromatic carbocycles. The van der Waals surface area contributed by atoms with E-state index in [2.05, 4.69) is 5.32 Å². The van der Waals surface area contributed by atoms with Gasteiger partial charge in [-0.1, -0.05) is 42.5 Å². The van der Waals surface area contributed by atoms with Crippen LogP contribution in [0.4, 0.5) is 5.69 Å². The molecule has 4 rings (SSSR count). The molecule has 4 aromatic rings. The van der Waals surface area contributed by atoms with Gasteiger partial charge in [-0.2, -0.15) is 0 Å². The standard InChI is InChI=1S/C28H28N2O4/c1-3-34-26-12-8-7-11-24(26)29-27(31)19-30-25-18-23(33-2)16-15-21(25)17-22(28(30)32)14-13-20-9-5-4-6-10-20/h4-12,15-18H,3,13-14,19H2,1-2H3,(H,29,31). The van der Waals surface area contributed by atoms with Crippen LogP contribution in [0.1, 0.15) is 18.1 Å². The summed E-state index contributed by atoms with van der Waals surface area (Å²) in [7, 11) is 1.58. The van der Waals surface area contributed by atoms with E-state index in [4.69, 9.17) is 9.47 Å². The highest BCUT2D eigenvalue weighted by Gasteiger charge is 2.15. The molecule has 0 aliphatic rings. The highest BCUT2D eigenvalue weighted by molar-refractivity contribution is 5.93. The van der Waals surface area contributed by atoms with E-state index in [9.17, 15) is 9.59 Å². The van der Waals surface area contributed by atoms with Gasteiger partial charge in [-0.05, 0) is 61.0 Å². The van der Waals surface area contributed by atoms with Gasteiger partial charge in [0.05, 0.1) is 24.9 Å². The number of hydrogen-bond donors (Lipinski definition) is 1. The molecule has 0 fully saturated rings. The van der Waals surface area contributed by atoms with Crippen molar-refractivity contribution in [2.45, 2.75) is 26.3 Å². The molecule has 1 aromatic heterocycles. The lowest BCUT2D eigenvalue weighted by atomic mass is 10.0. The number of ether oxygens (including phenoxy) is 2. The van der Waals surface area contributed by atoms with E-state index in [-0.39, 0.29) is 18.0 Å². The van der Waals surface area contributed by atoms with Gasteiger partial charge in [-0.25, -0.2) is 0 Å². The average Bonchev–Trinajstić information content (AvgIpc) is 2.86. The Morgan fingerprint density at radius 2 is 1.71 bits per heavy atom. The number of anilines is 1. The number of pyridine rings is 1. The summed E-state index contributed by atoms with van der Waals surface area (Å²) in [4.78, 5) is 26.5. The van der Waals surface area contributed by atoms with Crippen LogP contribution in [0.2, 0.25) is 0 Å². The smallest absolute Gasteiger partial charge is 0.254 e. The number of nitrogens with one attached hydrogen (secondary N) is 1. The highest BCUT2D eigenvalue weighted by Crippen LogP contribution is 2.24. The third-order valence-electron chi connectivity index (χ3n) is 5.67. The van der Waals surface area contributed by atoms with Gasteiger partial charge in [0, 0.05) is 11.6 Å². The number of amides is 1. The molecule has 0 unspecified atom stereocenters. The van der Waals surface area contributed by atoms with Gasteiger partial charge >= 0.3 is 0 Å². The number of aromatic nitrogens is 1. The van der Waals surface area contributed by atoms with Gasteiger partial charge < -0.3 is 14.8 Å². The summed E-state index contributed by atoms with van der Waals surface area (Å²) < 4.78 is 12.5. The fourth-order valence-corrected chi connectivity index (χ4v) is 3.98. The Hall–Kier alpha value is -4.06. The first-order valence-corrected chi connectivity index (χ1v) is 11.3. The van der Waals surface area contributed by atoms with E-state index in [1.807, 2.05) is 67.6 Å². The van der Waals surface area contributed by atoms with Crippen molar-refractivity contribution in [2.75, 3.05) is 19.0 Å². The number of benzene rings is 3. The molecule has 0 aliphatic carbocycles. The number of para-hydroxylation sites is 2. The fourth-order valence-electron chi connectivity index (χ4n) is 3.98. The molecular weight excluding hydrogens is 428 g/mol. The van der Waals surface area contributed by atoms with Crippen molar-refractivity contribution < 1.29 is 14.3 Å². The van der Waals surface area contributed by atoms with Gasteiger partial charge in [-0.3, -0.25) is 14.2 Å². The lowest BCUT2D eigenvalue weighted by molar-refractivity contribution is -0.116. The maximum Gasteiger partial charge on any atom is 0.254 e. The molecule has 0 aliphatic heterocycles. The van der Waals surface area contributed by atoms with Crippen LogP contribution >= 0.6 is 0 Å². The Labute approximate surface area is 198 Å². The number of fused-ring (bicyclic) bond motifs is 1. The molecule has 34 heavy (non-hydrogen) atoms. The predicted molar refractivity (Wildman–Crippen MR) is 135 cm³/mol. The van der Waals surface area contributed by atoms with Crippen LogP contribution in [0.3, 0.4) is 0 Å². The Bertz CT molecular complexity index is 1350. The van der Waals surface area contributed by atoms with Crippen molar-refractivity contribution in [3.63, 3.8) is 0 Å². The third kappa shape index (κ3) is 5.29. The Balaban J connectivity index is 1.67. The minimum Gasteiger partial charge on any atom is -0.497 e. The maximum absolute atomic E-state index is 13.5. The van der Waals surface area contributed by atoms with E-state index in [0.29, 0.717) is 41.3 Å². The number of carbonyl (C=O) groups excluding carboxylic acids is 1. The monoisotopic (exact) mass is 456 g/mol. The van der Waals surface area contributed by atoms with Crippen LogP contribution in [0.15, 0.2) is 83.7 Å². The molecule has 174 valence electrons. The van der Waals surface area contributed by atoms with Crippen LogP contribution in [-0.2, 0) is 24.2 Å². The summed E-state index contributed by atoms with van der Waals surface area (Å²) in [6.07, 6.45) is 1.32. The van der Waals surface area contributed by atoms with Crippen LogP contribution in [0.25, 0.3) is 10.9 Å². The lowest BCUT2D eigenvalue weighted by Gasteiger charge is -2.15. The minimum atomic E-state index is -0.307. The van der Waals surface area contributed by atoms with E-state index in [1.165, 1.54) is 4.57 Å². The van der Waals surface area contributed by atoms with Gasteiger partial charge in [0.1, 0.15) is 18.0 Å². The van der Waals surface area contributed by atoms with Crippen molar-refractivity contribution in [1.82, 2.24) is 4.57 Å². The van der Waals surface area contributed by atoms with Crippen LogP contribution in [0.5, 0.6) is 11.5 Å². The Morgan fingerprint density at radius 1 is 0.941 bits per heavy atom. The zero-order valence-electron chi connectivity index (χ0n) is 19.4. The summed E-state index contributed by atoms with van der Waals surface area (Å²) in [6, 6.07) is 24.8. The van der Waals surface area contributed by atoms with E-state index >= 15 is 0 Å². The van der Waals surface area contributed by atoms with Crippen molar-refractivity contribution in [2.24, 2.45) is 0 Å². The van der Waals surface area contributed by atoms with Gasteiger partial charge in [-0.15, -0.1) is 0 Å². The number of carbonyl (C=O) groups is 1. The second-order valence-electron chi connectivity index (χ2n) is 7.95. The second-order valence-corrected chi connectivity index (χ2v) is 7.95. The number of methoxy groups -OCH3 is 1. The molecule has 0 saturated carbocycles. The summed E-state index contributed by atoms with van der Waals surface area (Å²) in [5.74, 6) is 0.909. The van der Waals surface area contributed by atoms with Gasteiger partial charge in [0.25, 0.3) is 5.56 Å². The normalized spacial score (nSPS) is 10.8. The lowest BCUT2D eigenvalue weighted by Crippen LogP contribution is -2.30. The molecule has 1 N–H and O–H groups in total. The summed E-state index contributed by atoms with van der Waals surface area (Å²) in [6.45, 7) is 2.25. The van der Waals surface area contributed by atoms with Crippen molar-refractivity contribution in [3.8, 4) is 11.5 Å². The second kappa shape index (κ2) is 10.7. The molecule has 0 saturated heterocycles. The first-order valence-electron chi connectivity index (χ1n) is 11.3. The average molecular weight is 457 g/mol. The minimum absolute atomic E-state index is 0.123. The number of hydrogen-bond acceptors (Lipinski definition) is 4. The van der Waals surface area contributed by atoms with E-state index < -0.39 is 0 Å². The molecular formula is C28H28N2O4. The summed E-state index contributed by atoms with van der Waals surface area (Å²) >= 11 is 0. The molecule has 1 amide bonds. The molecule has 6 heteroatoms. The highest BCUT2D eigenvalue weighted by atomic mass is 16.5. The Morgan fingerprint density at radius 3 is 2.47 bits per heavy atom. The van der Waals surface area contributed by atoms with Crippen molar-refractivity contribution in [1.29, 1.82) is 0 Å². The number of nitrogens with zero attached hydrogens (tertiary/aromatic N) is 1. The fraction of sp³-hybridized carbons (Fsp3) is 0.214. The molecule has 6 nitrogen and oxygen atoms in total. The largest absolute Gasteiger partial charge is 0.497 e. The molecule has 0 spiro atoms. The quantitative estimate of drug-likeness (QED) is 0.392. The third-order valence-corrected chi connectivity index (χ3v) is 5.67. The summed E-state index contributed by atoms with van der Waals surface area (Å²) in [5.41, 5.74) is 2.88.